The first-order valence-corrected chi connectivity index (χ1v) is 11.3. The Hall–Kier alpha value is -3.69. The highest BCUT2D eigenvalue weighted by Gasteiger charge is 2.47. The number of ether oxygens (including phenoxy) is 1. The first-order chi connectivity index (χ1) is 16.5. The standard InChI is InChI=1S/C25H24F3N3O4/c1-24(12-31(13-24)23(33)34)22(32)30-21-11-29-20-7-6-17(10-19(20)21)35-18-8-15(9-18)14-2-4-16(5-3-14)25(26,27)28/h2-7,10-11,15,18,29H,8-9,12-13H2,1H3,(H,30,32)(H,33,34). The number of H-pyrrole nitrogens is 1. The maximum atomic E-state index is 12.8. The number of carboxylic acid groups (broad SMARTS) is 1. The number of hydrogen-bond donors (Lipinski definition) is 3. The van der Waals surface area contributed by atoms with Gasteiger partial charge in [-0.25, -0.2) is 4.79 Å². The van der Waals surface area contributed by atoms with Crippen LogP contribution in [0.4, 0.5) is 23.7 Å². The van der Waals surface area contributed by atoms with Crippen molar-refractivity contribution in [2.45, 2.75) is 38.0 Å². The fourth-order valence-corrected chi connectivity index (χ4v) is 4.70. The number of benzene rings is 2. The van der Waals surface area contributed by atoms with Crippen molar-refractivity contribution in [1.82, 2.24) is 9.88 Å². The molecule has 1 aliphatic carbocycles. The van der Waals surface area contributed by atoms with Gasteiger partial charge >= 0.3 is 12.3 Å². The van der Waals surface area contributed by atoms with Crippen molar-refractivity contribution in [3.63, 3.8) is 0 Å². The molecule has 1 saturated heterocycles. The number of aromatic amines is 1. The zero-order chi connectivity index (χ0) is 25.0. The highest BCUT2D eigenvalue weighted by atomic mass is 19.4. The number of hydrogen-bond acceptors (Lipinski definition) is 3. The van der Waals surface area contributed by atoms with E-state index < -0.39 is 23.2 Å². The summed E-state index contributed by atoms with van der Waals surface area (Å²) in [5, 5.41) is 12.7. The van der Waals surface area contributed by atoms with E-state index in [1.165, 1.54) is 17.0 Å². The number of halogens is 3. The Morgan fingerprint density at radius 3 is 2.46 bits per heavy atom. The number of anilines is 1. The molecule has 2 aliphatic rings. The van der Waals surface area contributed by atoms with E-state index in [2.05, 4.69) is 10.3 Å². The molecule has 2 heterocycles. The Bertz CT molecular complexity index is 1270. The molecule has 10 heteroatoms. The molecule has 0 bridgehead atoms. The van der Waals surface area contributed by atoms with Crippen LogP contribution in [0.15, 0.2) is 48.7 Å². The molecule has 2 amide bonds. The van der Waals surface area contributed by atoms with Crippen molar-refractivity contribution in [2.75, 3.05) is 18.4 Å². The van der Waals surface area contributed by atoms with Gasteiger partial charge in [-0.2, -0.15) is 13.2 Å². The van der Waals surface area contributed by atoms with E-state index in [0.717, 1.165) is 28.6 Å². The summed E-state index contributed by atoms with van der Waals surface area (Å²) in [5.74, 6) is 0.540. The predicted molar refractivity (Wildman–Crippen MR) is 122 cm³/mol. The Morgan fingerprint density at radius 2 is 1.83 bits per heavy atom. The van der Waals surface area contributed by atoms with Crippen LogP contribution < -0.4 is 10.1 Å². The number of fused-ring (bicyclic) bond motifs is 1. The Labute approximate surface area is 198 Å². The number of amides is 2. The van der Waals surface area contributed by atoms with Crippen molar-refractivity contribution in [2.24, 2.45) is 5.41 Å². The lowest BCUT2D eigenvalue weighted by molar-refractivity contribution is -0.137. The molecule has 35 heavy (non-hydrogen) atoms. The van der Waals surface area contributed by atoms with Crippen LogP contribution in [0.25, 0.3) is 10.9 Å². The molecule has 1 aliphatic heterocycles. The third kappa shape index (κ3) is 4.40. The summed E-state index contributed by atoms with van der Waals surface area (Å²) in [5.41, 5.74) is 0.836. The minimum absolute atomic E-state index is 0.0485. The summed E-state index contributed by atoms with van der Waals surface area (Å²) in [6, 6.07) is 10.8. The molecule has 1 aromatic heterocycles. The van der Waals surface area contributed by atoms with Crippen LogP contribution in [0.5, 0.6) is 5.75 Å². The predicted octanol–water partition coefficient (Wildman–Crippen LogP) is 5.45. The maximum absolute atomic E-state index is 12.8. The van der Waals surface area contributed by atoms with E-state index in [1.807, 2.05) is 18.2 Å². The van der Waals surface area contributed by atoms with Gasteiger partial charge in [-0.15, -0.1) is 0 Å². The normalized spacial score (nSPS) is 21.2. The fraction of sp³-hybridized carbons (Fsp3) is 0.360. The Balaban J connectivity index is 1.20. The molecule has 3 aromatic rings. The van der Waals surface area contributed by atoms with Crippen LogP contribution in [0.2, 0.25) is 0 Å². The van der Waals surface area contributed by atoms with Gasteiger partial charge < -0.3 is 25.0 Å². The van der Waals surface area contributed by atoms with Gasteiger partial charge in [0.2, 0.25) is 5.91 Å². The van der Waals surface area contributed by atoms with Gasteiger partial charge in [0, 0.05) is 30.2 Å². The van der Waals surface area contributed by atoms with E-state index in [9.17, 15) is 22.8 Å². The molecule has 0 spiro atoms. The summed E-state index contributed by atoms with van der Waals surface area (Å²) >= 11 is 0. The zero-order valence-electron chi connectivity index (χ0n) is 18.9. The number of nitrogens with one attached hydrogen (secondary N) is 2. The van der Waals surface area contributed by atoms with Crippen LogP contribution in [0, 0.1) is 5.41 Å². The molecule has 5 rings (SSSR count). The van der Waals surface area contributed by atoms with E-state index in [0.29, 0.717) is 24.3 Å². The monoisotopic (exact) mass is 487 g/mol. The van der Waals surface area contributed by atoms with Gasteiger partial charge in [0.05, 0.1) is 22.8 Å². The van der Waals surface area contributed by atoms with E-state index in [1.54, 1.807) is 13.1 Å². The number of likely N-dealkylation sites (tertiary alicyclic amines) is 1. The Morgan fingerprint density at radius 1 is 1.14 bits per heavy atom. The summed E-state index contributed by atoms with van der Waals surface area (Å²) in [4.78, 5) is 28.1. The first-order valence-electron chi connectivity index (χ1n) is 11.3. The molecule has 7 nitrogen and oxygen atoms in total. The number of rotatable bonds is 5. The minimum Gasteiger partial charge on any atom is -0.490 e. The van der Waals surface area contributed by atoms with Crippen LogP contribution in [0.1, 0.15) is 36.8 Å². The number of nitrogens with zero attached hydrogens (tertiary/aromatic N) is 1. The van der Waals surface area contributed by atoms with Gasteiger partial charge in [0.15, 0.2) is 0 Å². The number of carbonyl (C=O) groups is 2. The second-order valence-corrected chi connectivity index (χ2v) is 9.59. The third-order valence-electron chi connectivity index (χ3n) is 6.91. The lowest BCUT2D eigenvalue weighted by Gasteiger charge is -2.44. The lowest BCUT2D eigenvalue weighted by Crippen LogP contribution is -2.61. The highest BCUT2D eigenvalue weighted by molar-refractivity contribution is 6.04. The van der Waals surface area contributed by atoms with Crippen LogP contribution >= 0.6 is 0 Å². The molecule has 0 atom stereocenters. The second-order valence-electron chi connectivity index (χ2n) is 9.59. The van der Waals surface area contributed by atoms with E-state index in [4.69, 9.17) is 9.84 Å². The number of carbonyl (C=O) groups excluding carboxylic acids is 1. The van der Waals surface area contributed by atoms with Crippen molar-refractivity contribution in [3.05, 3.63) is 59.8 Å². The van der Waals surface area contributed by atoms with E-state index in [-0.39, 0.29) is 31.0 Å². The van der Waals surface area contributed by atoms with E-state index >= 15 is 0 Å². The third-order valence-corrected chi connectivity index (χ3v) is 6.91. The second kappa shape index (κ2) is 8.21. The first kappa shape index (κ1) is 23.1. The SMILES string of the molecule is CC1(C(=O)Nc2c[nH]c3ccc(OC4CC(c5ccc(C(F)(F)F)cc5)C4)cc23)CN(C(=O)O)C1. The summed E-state index contributed by atoms with van der Waals surface area (Å²) < 4.78 is 44.4. The molecular formula is C25H24F3N3O4. The minimum atomic E-state index is -4.34. The maximum Gasteiger partial charge on any atom is 0.416 e. The average molecular weight is 487 g/mol. The molecular weight excluding hydrogens is 463 g/mol. The largest absolute Gasteiger partial charge is 0.490 e. The van der Waals surface area contributed by atoms with Crippen molar-refractivity contribution in [1.29, 1.82) is 0 Å². The van der Waals surface area contributed by atoms with Crippen LogP contribution in [-0.2, 0) is 11.0 Å². The molecule has 0 unspecified atom stereocenters. The van der Waals surface area contributed by atoms with Crippen LogP contribution in [-0.4, -0.2) is 46.2 Å². The van der Waals surface area contributed by atoms with Gasteiger partial charge in [0.1, 0.15) is 5.75 Å². The van der Waals surface area contributed by atoms with Crippen molar-refractivity contribution >= 4 is 28.6 Å². The molecule has 2 fully saturated rings. The van der Waals surface area contributed by atoms with Gasteiger partial charge in [0.25, 0.3) is 0 Å². The fourth-order valence-electron chi connectivity index (χ4n) is 4.70. The highest BCUT2D eigenvalue weighted by Crippen LogP contribution is 2.41. The van der Waals surface area contributed by atoms with Gasteiger partial charge in [-0.1, -0.05) is 12.1 Å². The van der Waals surface area contributed by atoms with Crippen molar-refractivity contribution < 1.29 is 32.6 Å². The number of aromatic nitrogens is 1. The molecule has 0 radical (unpaired) electrons. The molecule has 3 N–H and O–H groups in total. The van der Waals surface area contributed by atoms with Gasteiger partial charge in [-0.05, 0) is 61.6 Å². The summed E-state index contributed by atoms with van der Waals surface area (Å²) in [6.45, 7) is 2.02. The molecule has 184 valence electrons. The molecule has 1 saturated carbocycles. The smallest absolute Gasteiger partial charge is 0.416 e. The molecule has 2 aromatic carbocycles. The summed E-state index contributed by atoms with van der Waals surface area (Å²) in [6.07, 6.45) is -2.33. The summed E-state index contributed by atoms with van der Waals surface area (Å²) in [7, 11) is 0. The topological polar surface area (TPSA) is 94.7 Å². The van der Waals surface area contributed by atoms with Gasteiger partial charge in [-0.3, -0.25) is 4.79 Å². The zero-order valence-corrected chi connectivity index (χ0v) is 18.9. The van der Waals surface area contributed by atoms with Crippen molar-refractivity contribution in [3.8, 4) is 5.75 Å². The van der Waals surface area contributed by atoms with Crippen LogP contribution in [0.3, 0.4) is 0 Å². The lowest BCUT2D eigenvalue weighted by atomic mass is 9.77. The average Bonchev–Trinajstić information content (AvgIpc) is 3.15. The number of alkyl halides is 3. The quantitative estimate of drug-likeness (QED) is 0.446. The Kier molecular flexibility index (Phi) is 5.41.